The molecule has 32 heavy (non-hydrogen) atoms. The van der Waals surface area contributed by atoms with Gasteiger partial charge in [0.05, 0.1) is 12.8 Å². The molecule has 4 aromatic rings. The number of carbonyl (C=O) groups is 1. The number of hydrogen-bond acceptors (Lipinski definition) is 5. The van der Waals surface area contributed by atoms with Crippen molar-refractivity contribution in [1.29, 1.82) is 0 Å². The Morgan fingerprint density at radius 1 is 1.03 bits per heavy atom. The minimum atomic E-state index is -0.519. The normalized spacial score (nSPS) is 10.6. The number of ether oxygens (including phenoxy) is 2. The number of thiazole rings is 1. The van der Waals surface area contributed by atoms with Crippen LogP contribution in [0.3, 0.4) is 0 Å². The first-order valence-corrected chi connectivity index (χ1v) is 10.5. The van der Waals surface area contributed by atoms with Crippen molar-refractivity contribution >= 4 is 22.9 Å². The Bertz CT molecular complexity index is 1260. The molecule has 0 bridgehead atoms. The zero-order chi connectivity index (χ0) is 22.5. The van der Waals surface area contributed by atoms with Gasteiger partial charge in [-0.1, -0.05) is 24.3 Å². The molecule has 0 fully saturated rings. The van der Waals surface area contributed by atoms with E-state index in [2.05, 4.69) is 10.3 Å². The molecule has 0 aliphatic heterocycles. The van der Waals surface area contributed by atoms with E-state index in [1.54, 1.807) is 47.8 Å². The van der Waals surface area contributed by atoms with Gasteiger partial charge in [-0.25, -0.2) is 13.8 Å². The highest BCUT2D eigenvalue weighted by atomic mass is 32.1. The maximum Gasteiger partial charge on any atom is 0.275 e. The van der Waals surface area contributed by atoms with E-state index in [9.17, 15) is 13.6 Å². The van der Waals surface area contributed by atoms with Gasteiger partial charge in [0.25, 0.3) is 5.91 Å². The van der Waals surface area contributed by atoms with Crippen molar-refractivity contribution in [3.05, 3.63) is 95.0 Å². The van der Waals surface area contributed by atoms with Crippen molar-refractivity contribution in [3.8, 4) is 22.1 Å². The standard InChI is InChI=1S/C24H18F2N2O3S/c1-30-22-12-16(9-10-21(22)31-13-15-5-4-6-17(25)11-15)24-28-20(14-32-24)23(29)27-19-8-3-2-7-18(19)26/h2-12,14H,13H2,1H3,(H,27,29). The maximum atomic E-state index is 13.8. The summed E-state index contributed by atoms with van der Waals surface area (Å²) >= 11 is 1.28. The van der Waals surface area contributed by atoms with Gasteiger partial charge in [-0.15, -0.1) is 11.3 Å². The summed E-state index contributed by atoms with van der Waals surface area (Å²) in [4.78, 5) is 16.8. The summed E-state index contributed by atoms with van der Waals surface area (Å²) in [5.74, 6) is -0.373. The second-order valence-corrected chi connectivity index (χ2v) is 7.61. The van der Waals surface area contributed by atoms with Gasteiger partial charge in [0.1, 0.15) is 28.9 Å². The molecule has 0 aliphatic rings. The molecule has 1 N–H and O–H groups in total. The number of carbonyl (C=O) groups excluding carboxylic acids is 1. The van der Waals surface area contributed by atoms with Gasteiger partial charge in [0.2, 0.25) is 0 Å². The second-order valence-electron chi connectivity index (χ2n) is 6.76. The van der Waals surface area contributed by atoms with E-state index in [1.165, 1.54) is 42.7 Å². The predicted octanol–water partition coefficient (Wildman–Crippen LogP) is 5.93. The number of para-hydroxylation sites is 1. The highest BCUT2D eigenvalue weighted by Gasteiger charge is 2.15. The van der Waals surface area contributed by atoms with Crippen LogP contribution in [0.5, 0.6) is 11.5 Å². The summed E-state index contributed by atoms with van der Waals surface area (Å²) in [6, 6.07) is 17.4. The third-order valence-corrected chi connectivity index (χ3v) is 5.44. The van der Waals surface area contributed by atoms with Gasteiger partial charge in [-0.3, -0.25) is 4.79 Å². The first-order valence-electron chi connectivity index (χ1n) is 9.60. The minimum absolute atomic E-state index is 0.0912. The van der Waals surface area contributed by atoms with Gasteiger partial charge in [-0.05, 0) is 48.0 Å². The molecule has 1 aromatic heterocycles. The van der Waals surface area contributed by atoms with Gasteiger partial charge >= 0.3 is 0 Å². The van der Waals surface area contributed by atoms with Gasteiger partial charge < -0.3 is 14.8 Å². The smallest absolute Gasteiger partial charge is 0.275 e. The Labute approximate surface area is 187 Å². The monoisotopic (exact) mass is 452 g/mol. The molecule has 4 rings (SSSR count). The number of aromatic nitrogens is 1. The average Bonchev–Trinajstić information content (AvgIpc) is 3.30. The second kappa shape index (κ2) is 9.57. The van der Waals surface area contributed by atoms with Crippen molar-refractivity contribution < 1.29 is 23.0 Å². The van der Waals surface area contributed by atoms with Gasteiger partial charge in [-0.2, -0.15) is 0 Å². The van der Waals surface area contributed by atoms with Crippen LogP contribution in [-0.2, 0) is 6.61 Å². The zero-order valence-corrected chi connectivity index (χ0v) is 17.8. The lowest BCUT2D eigenvalue weighted by Gasteiger charge is -2.12. The molecule has 3 aromatic carbocycles. The lowest BCUT2D eigenvalue weighted by molar-refractivity contribution is 0.102. The Kier molecular flexibility index (Phi) is 6.42. The molecule has 0 saturated carbocycles. The van der Waals surface area contributed by atoms with Crippen molar-refractivity contribution in [2.24, 2.45) is 0 Å². The van der Waals surface area contributed by atoms with E-state index in [4.69, 9.17) is 9.47 Å². The highest BCUT2D eigenvalue weighted by molar-refractivity contribution is 7.13. The summed E-state index contributed by atoms with van der Waals surface area (Å²) < 4.78 is 38.3. The van der Waals surface area contributed by atoms with E-state index in [0.717, 1.165) is 5.56 Å². The van der Waals surface area contributed by atoms with Gasteiger partial charge in [0, 0.05) is 10.9 Å². The first kappa shape index (κ1) is 21.5. The fraction of sp³-hybridized carbons (Fsp3) is 0.0833. The summed E-state index contributed by atoms with van der Waals surface area (Å²) in [7, 11) is 1.52. The van der Waals surface area contributed by atoms with Crippen LogP contribution in [0.15, 0.2) is 72.1 Å². The number of anilines is 1. The molecule has 0 aliphatic carbocycles. The molecular formula is C24H18F2N2O3S. The highest BCUT2D eigenvalue weighted by Crippen LogP contribution is 2.34. The van der Waals surface area contributed by atoms with Crippen LogP contribution in [-0.4, -0.2) is 18.0 Å². The fourth-order valence-corrected chi connectivity index (χ4v) is 3.76. The quantitative estimate of drug-likeness (QED) is 0.378. The molecule has 5 nitrogen and oxygen atoms in total. The number of nitrogens with one attached hydrogen (secondary N) is 1. The molecule has 162 valence electrons. The number of benzene rings is 3. The van der Waals surface area contributed by atoms with E-state index in [0.29, 0.717) is 22.1 Å². The lowest BCUT2D eigenvalue weighted by atomic mass is 10.2. The number of amides is 1. The van der Waals surface area contributed by atoms with Crippen LogP contribution in [0.4, 0.5) is 14.5 Å². The number of rotatable bonds is 7. The van der Waals surface area contributed by atoms with Gasteiger partial charge in [0.15, 0.2) is 11.5 Å². The summed E-state index contributed by atoms with van der Waals surface area (Å²) in [5, 5.41) is 4.72. The van der Waals surface area contributed by atoms with E-state index in [-0.39, 0.29) is 23.8 Å². The largest absolute Gasteiger partial charge is 0.493 e. The molecule has 0 spiro atoms. The van der Waals surface area contributed by atoms with Crippen LogP contribution < -0.4 is 14.8 Å². The third kappa shape index (κ3) is 4.92. The molecule has 1 amide bonds. The molecule has 0 saturated heterocycles. The zero-order valence-electron chi connectivity index (χ0n) is 17.0. The van der Waals surface area contributed by atoms with Crippen molar-refractivity contribution in [2.75, 3.05) is 12.4 Å². The predicted molar refractivity (Wildman–Crippen MR) is 119 cm³/mol. The van der Waals surface area contributed by atoms with Crippen LogP contribution in [0.2, 0.25) is 0 Å². The maximum absolute atomic E-state index is 13.8. The number of methoxy groups -OCH3 is 1. The van der Waals surface area contributed by atoms with Crippen molar-refractivity contribution in [2.45, 2.75) is 6.61 Å². The van der Waals surface area contributed by atoms with E-state index in [1.807, 2.05) is 0 Å². The summed E-state index contributed by atoms with van der Waals surface area (Å²) in [6.07, 6.45) is 0. The molecular weight excluding hydrogens is 434 g/mol. The minimum Gasteiger partial charge on any atom is -0.493 e. The molecule has 0 unspecified atom stereocenters. The Morgan fingerprint density at radius 3 is 2.66 bits per heavy atom. The summed E-state index contributed by atoms with van der Waals surface area (Å²) in [6.45, 7) is 0.186. The van der Waals surface area contributed by atoms with Crippen molar-refractivity contribution in [3.63, 3.8) is 0 Å². The van der Waals surface area contributed by atoms with Crippen LogP contribution in [0.1, 0.15) is 16.1 Å². The number of halogens is 2. The SMILES string of the molecule is COc1cc(-c2nc(C(=O)Nc3ccccc3F)cs2)ccc1OCc1cccc(F)c1. The van der Waals surface area contributed by atoms with Crippen LogP contribution >= 0.6 is 11.3 Å². The first-order chi connectivity index (χ1) is 15.5. The molecule has 1 heterocycles. The van der Waals surface area contributed by atoms with Crippen LogP contribution in [0.25, 0.3) is 10.6 Å². The fourth-order valence-electron chi connectivity index (χ4n) is 2.97. The van der Waals surface area contributed by atoms with E-state index >= 15 is 0 Å². The van der Waals surface area contributed by atoms with Crippen molar-refractivity contribution in [1.82, 2.24) is 4.98 Å². The Morgan fingerprint density at radius 2 is 1.88 bits per heavy atom. The molecule has 8 heteroatoms. The Hall–Kier alpha value is -3.78. The van der Waals surface area contributed by atoms with E-state index < -0.39 is 11.7 Å². The lowest BCUT2D eigenvalue weighted by Crippen LogP contribution is -2.13. The third-order valence-electron chi connectivity index (χ3n) is 4.55. The molecule has 0 atom stereocenters. The number of hydrogen-bond donors (Lipinski definition) is 1. The van der Waals surface area contributed by atoms with Crippen LogP contribution in [0, 0.1) is 11.6 Å². The average molecular weight is 452 g/mol. The summed E-state index contributed by atoms with van der Waals surface area (Å²) in [5.41, 5.74) is 1.70. The molecule has 0 radical (unpaired) electrons. The number of nitrogens with zero attached hydrogens (tertiary/aromatic N) is 1. The topological polar surface area (TPSA) is 60.5 Å². The Balaban J connectivity index is 1.48.